The van der Waals surface area contributed by atoms with Gasteiger partial charge in [0.1, 0.15) is 5.69 Å². The van der Waals surface area contributed by atoms with Crippen LogP contribution in [0.4, 0.5) is 11.4 Å². The Morgan fingerprint density at radius 1 is 1.10 bits per heavy atom. The molecule has 31 heavy (non-hydrogen) atoms. The Labute approximate surface area is 178 Å². The highest BCUT2D eigenvalue weighted by atomic mass is 16.3. The van der Waals surface area contributed by atoms with E-state index in [1.54, 1.807) is 60.5 Å². The van der Waals surface area contributed by atoms with Crippen LogP contribution in [0.5, 0.6) is 0 Å². The molecule has 2 amide bonds. The lowest BCUT2D eigenvalue weighted by Crippen LogP contribution is -2.14. The first-order chi connectivity index (χ1) is 15.0. The van der Waals surface area contributed by atoms with Gasteiger partial charge in [-0.15, -0.1) is 0 Å². The molecule has 0 bridgehead atoms. The van der Waals surface area contributed by atoms with Gasteiger partial charge in [-0.2, -0.15) is 5.10 Å². The second-order valence-corrected chi connectivity index (χ2v) is 7.73. The highest BCUT2D eigenvalue weighted by Gasteiger charge is 2.29. The summed E-state index contributed by atoms with van der Waals surface area (Å²) >= 11 is 0. The van der Waals surface area contributed by atoms with Crippen LogP contribution in [0, 0.1) is 12.8 Å². The van der Waals surface area contributed by atoms with Crippen LogP contribution in [0.3, 0.4) is 0 Å². The summed E-state index contributed by atoms with van der Waals surface area (Å²) in [7, 11) is 1.80. The number of nitrogens with zero attached hydrogens (tertiary/aromatic N) is 3. The average Bonchev–Trinajstić information content (AvgIpc) is 3.39. The van der Waals surface area contributed by atoms with E-state index >= 15 is 0 Å². The van der Waals surface area contributed by atoms with E-state index in [2.05, 4.69) is 20.7 Å². The highest BCUT2D eigenvalue weighted by molar-refractivity contribution is 6.13. The fraction of sp³-hybridized carbons (Fsp3) is 0.217. The zero-order valence-electron chi connectivity index (χ0n) is 17.2. The van der Waals surface area contributed by atoms with Crippen molar-refractivity contribution in [2.45, 2.75) is 19.8 Å². The van der Waals surface area contributed by atoms with Crippen molar-refractivity contribution < 1.29 is 14.0 Å². The van der Waals surface area contributed by atoms with E-state index in [-0.39, 0.29) is 17.7 Å². The van der Waals surface area contributed by atoms with Gasteiger partial charge in [-0.05, 0) is 62.2 Å². The number of nitrogens with one attached hydrogen (secondary N) is 2. The number of benzene rings is 1. The number of aryl methyl sites for hydroxylation is 2. The molecule has 156 valence electrons. The van der Waals surface area contributed by atoms with E-state index in [9.17, 15) is 9.59 Å². The highest BCUT2D eigenvalue weighted by Crippen LogP contribution is 2.31. The van der Waals surface area contributed by atoms with Gasteiger partial charge in [0, 0.05) is 24.3 Å². The van der Waals surface area contributed by atoms with Gasteiger partial charge < -0.3 is 15.1 Å². The number of hydrogen-bond donors (Lipinski definition) is 2. The third-order valence-corrected chi connectivity index (χ3v) is 5.35. The molecule has 1 aliphatic carbocycles. The summed E-state index contributed by atoms with van der Waals surface area (Å²) in [4.78, 5) is 29.7. The van der Waals surface area contributed by atoms with Crippen LogP contribution in [-0.4, -0.2) is 26.6 Å². The number of pyridine rings is 1. The molecule has 0 atom stereocenters. The molecule has 0 saturated heterocycles. The maximum atomic E-state index is 13.2. The van der Waals surface area contributed by atoms with Crippen molar-refractivity contribution >= 4 is 34.2 Å². The predicted octanol–water partition coefficient (Wildman–Crippen LogP) is 4.14. The Balaban J connectivity index is 1.44. The first-order valence-corrected chi connectivity index (χ1v) is 10.1. The van der Waals surface area contributed by atoms with Gasteiger partial charge in [0.2, 0.25) is 5.91 Å². The summed E-state index contributed by atoms with van der Waals surface area (Å²) in [5.41, 5.74) is 3.69. The van der Waals surface area contributed by atoms with Gasteiger partial charge in [0.25, 0.3) is 5.91 Å². The summed E-state index contributed by atoms with van der Waals surface area (Å²) in [5, 5.41) is 10.9. The molecule has 1 aromatic carbocycles. The second-order valence-electron chi connectivity index (χ2n) is 7.73. The number of aromatic nitrogens is 3. The Hall–Kier alpha value is -3.94. The molecule has 3 heterocycles. The Morgan fingerprint density at radius 3 is 2.45 bits per heavy atom. The molecule has 5 rings (SSSR count). The van der Waals surface area contributed by atoms with Crippen LogP contribution in [0.1, 0.15) is 28.9 Å². The summed E-state index contributed by atoms with van der Waals surface area (Å²) in [6.07, 6.45) is 3.47. The average molecular weight is 415 g/mol. The zero-order chi connectivity index (χ0) is 21.5. The summed E-state index contributed by atoms with van der Waals surface area (Å²) in [6, 6.07) is 12.4. The third-order valence-electron chi connectivity index (χ3n) is 5.35. The smallest absolute Gasteiger partial charge is 0.256 e. The third kappa shape index (κ3) is 3.68. The summed E-state index contributed by atoms with van der Waals surface area (Å²) in [6.45, 7) is 1.85. The van der Waals surface area contributed by atoms with E-state index < -0.39 is 0 Å². The SMILES string of the molecule is Cc1nn(C)c2nc(-c3ccco3)cc(C(=O)Nc3ccc(NC(=O)C4CC4)cc3)c12. The van der Waals surface area contributed by atoms with Crippen LogP contribution >= 0.6 is 0 Å². The van der Waals surface area contributed by atoms with Gasteiger partial charge in [-0.1, -0.05) is 0 Å². The number of hydrogen-bond acceptors (Lipinski definition) is 5. The van der Waals surface area contributed by atoms with E-state index in [0.29, 0.717) is 39.4 Å². The molecule has 1 aliphatic rings. The van der Waals surface area contributed by atoms with E-state index in [1.807, 2.05) is 6.92 Å². The quantitative estimate of drug-likeness (QED) is 0.510. The first-order valence-electron chi connectivity index (χ1n) is 10.1. The molecule has 3 aromatic heterocycles. The zero-order valence-corrected chi connectivity index (χ0v) is 17.2. The molecule has 0 unspecified atom stereocenters. The van der Waals surface area contributed by atoms with Gasteiger partial charge in [0.05, 0.1) is 22.9 Å². The molecule has 1 fully saturated rings. The van der Waals surface area contributed by atoms with Crippen LogP contribution in [0.15, 0.2) is 53.1 Å². The minimum atomic E-state index is -0.272. The lowest BCUT2D eigenvalue weighted by molar-refractivity contribution is -0.117. The molecule has 1 saturated carbocycles. The number of amides is 2. The molecule has 0 spiro atoms. The Bertz CT molecular complexity index is 1290. The minimum Gasteiger partial charge on any atom is -0.463 e. The number of carbonyl (C=O) groups is 2. The summed E-state index contributed by atoms with van der Waals surface area (Å²) in [5.74, 6) is 0.490. The van der Waals surface area contributed by atoms with Crippen molar-refractivity contribution in [3.8, 4) is 11.5 Å². The van der Waals surface area contributed by atoms with Gasteiger partial charge in [0.15, 0.2) is 11.4 Å². The maximum absolute atomic E-state index is 13.2. The molecule has 4 aromatic rings. The van der Waals surface area contributed by atoms with Crippen LogP contribution < -0.4 is 10.6 Å². The number of carbonyl (C=O) groups excluding carboxylic acids is 2. The van der Waals surface area contributed by atoms with Crippen molar-refractivity contribution in [2.75, 3.05) is 10.6 Å². The number of furan rings is 1. The van der Waals surface area contributed by atoms with Crippen LogP contribution in [0.25, 0.3) is 22.5 Å². The van der Waals surface area contributed by atoms with Gasteiger partial charge in [-0.3, -0.25) is 14.3 Å². The molecular formula is C23H21N5O3. The fourth-order valence-corrected chi connectivity index (χ4v) is 3.60. The predicted molar refractivity (Wildman–Crippen MR) is 117 cm³/mol. The largest absolute Gasteiger partial charge is 0.463 e. The molecule has 0 radical (unpaired) electrons. The minimum absolute atomic E-state index is 0.0495. The normalized spacial score (nSPS) is 13.4. The van der Waals surface area contributed by atoms with E-state index in [4.69, 9.17) is 4.42 Å². The molecule has 0 aliphatic heterocycles. The first kappa shape index (κ1) is 19.0. The van der Waals surface area contributed by atoms with Crippen molar-refractivity contribution in [2.24, 2.45) is 13.0 Å². The lowest BCUT2D eigenvalue weighted by Gasteiger charge is -2.10. The van der Waals surface area contributed by atoms with Crippen molar-refractivity contribution in [1.82, 2.24) is 14.8 Å². The van der Waals surface area contributed by atoms with Gasteiger partial charge >= 0.3 is 0 Å². The van der Waals surface area contributed by atoms with Crippen molar-refractivity contribution in [1.29, 1.82) is 0 Å². The van der Waals surface area contributed by atoms with Gasteiger partial charge in [-0.25, -0.2) is 4.98 Å². The number of anilines is 2. The number of fused-ring (bicyclic) bond motifs is 1. The topological polar surface area (TPSA) is 102 Å². The number of rotatable bonds is 5. The van der Waals surface area contributed by atoms with E-state index in [1.165, 1.54) is 0 Å². The van der Waals surface area contributed by atoms with Crippen LogP contribution in [-0.2, 0) is 11.8 Å². The molecule has 8 heteroatoms. The second kappa shape index (κ2) is 7.39. The Kier molecular flexibility index (Phi) is 4.54. The standard InChI is InChI=1S/C23H21N5O3/c1-13-20-17(12-18(19-4-3-11-31-19)26-21(20)28(2)27-13)23(30)25-16-9-7-15(8-10-16)24-22(29)14-5-6-14/h3-4,7-12,14H,5-6H2,1-2H3,(H,24,29)(H,25,30). The van der Waals surface area contributed by atoms with Crippen LogP contribution in [0.2, 0.25) is 0 Å². The molecular weight excluding hydrogens is 394 g/mol. The van der Waals surface area contributed by atoms with E-state index in [0.717, 1.165) is 18.5 Å². The summed E-state index contributed by atoms with van der Waals surface area (Å²) < 4.78 is 7.13. The molecule has 8 nitrogen and oxygen atoms in total. The lowest BCUT2D eigenvalue weighted by atomic mass is 10.1. The Morgan fingerprint density at radius 2 is 1.81 bits per heavy atom. The molecule has 2 N–H and O–H groups in total. The maximum Gasteiger partial charge on any atom is 0.256 e. The van der Waals surface area contributed by atoms with Crippen molar-refractivity contribution in [3.05, 3.63) is 60.0 Å². The fourth-order valence-electron chi connectivity index (χ4n) is 3.60. The monoisotopic (exact) mass is 415 g/mol. The van der Waals surface area contributed by atoms with Crippen molar-refractivity contribution in [3.63, 3.8) is 0 Å².